The fraction of sp³-hybridized carbons (Fsp3) is 0.125. The second-order valence-electron chi connectivity index (χ2n) is 6.89. The molecule has 0 heterocycles. The first kappa shape index (κ1) is 19.2. The van der Waals surface area contributed by atoms with Gasteiger partial charge in [0.05, 0.1) is 6.07 Å². The molecule has 30 heavy (non-hydrogen) atoms. The molecule has 0 atom stereocenters. The van der Waals surface area contributed by atoms with Gasteiger partial charge in [-0.15, -0.1) is 0 Å². The van der Waals surface area contributed by atoms with Crippen LogP contribution in [-0.4, -0.2) is 12.0 Å². The molecule has 0 saturated carbocycles. The highest BCUT2D eigenvalue weighted by Crippen LogP contribution is 2.44. The standard InChI is InChI=1S/C24H19N3O3/c25-14-13-22(28)27-17-11-9-16(10-12-17)15-26-24(29)30-23-20-7-3-1-5-18(20)19-6-2-4-8-21(19)23/h1-12,23H,13,15H2,(H,26,29)(H,27,28). The number of nitrogens with one attached hydrogen (secondary N) is 2. The van der Waals surface area contributed by atoms with Gasteiger partial charge >= 0.3 is 6.09 Å². The number of amides is 2. The van der Waals surface area contributed by atoms with Crippen molar-refractivity contribution >= 4 is 17.7 Å². The van der Waals surface area contributed by atoms with Crippen molar-refractivity contribution in [2.45, 2.75) is 19.1 Å². The van der Waals surface area contributed by atoms with Crippen molar-refractivity contribution in [3.8, 4) is 17.2 Å². The molecule has 148 valence electrons. The number of rotatable bonds is 5. The van der Waals surface area contributed by atoms with Gasteiger partial charge in [0.1, 0.15) is 6.42 Å². The third kappa shape index (κ3) is 4.01. The Hall–Kier alpha value is -4.11. The van der Waals surface area contributed by atoms with Crippen LogP contribution in [0.4, 0.5) is 10.5 Å². The summed E-state index contributed by atoms with van der Waals surface area (Å²) in [4.78, 5) is 23.9. The molecule has 3 aromatic carbocycles. The lowest BCUT2D eigenvalue weighted by Crippen LogP contribution is -2.25. The van der Waals surface area contributed by atoms with Gasteiger partial charge in [-0.2, -0.15) is 5.26 Å². The van der Waals surface area contributed by atoms with Crippen molar-refractivity contribution < 1.29 is 14.3 Å². The van der Waals surface area contributed by atoms with Gasteiger partial charge in [-0.1, -0.05) is 60.7 Å². The molecule has 1 aliphatic rings. The number of hydrogen-bond donors (Lipinski definition) is 2. The van der Waals surface area contributed by atoms with Gasteiger partial charge in [-0.25, -0.2) is 4.79 Å². The Morgan fingerprint density at radius 2 is 1.50 bits per heavy atom. The van der Waals surface area contributed by atoms with Gasteiger partial charge in [0, 0.05) is 23.4 Å². The van der Waals surface area contributed by atoms with Crippen LogP contribution >= 0.6 is 0 Å². The van der Waals surface area contributed by atoms with Gasteiger partial charge in [-0.05, 0) is 28.8 Å². The zero-order valence-corrected chi connectivity index (χ0v) is 16.1. The van der Waals surface area contributed by atoms with Crippen molar-refractivity contribution in [3.63, 3.8) is 0 Å². The summed E-state index contributed by atoms with van der Waals surface area (Å²) in [5.74, 6) is -0.357. The molecule has 4 rings (SSSR count). The van der Waals surface area contributed by atoms with E-state index in [-0.39, 0.29) is 12.3 Å². The summed E-state index contributed by atoms with van der Waals surface area (Å²) < 4.78 is 5.75. The number of carbonyl (C=O) groups is 2. The van der Waals surface area contributed by atoms with Crippen molar-refractivity contribution in [2.75, 3.05) is 5.32 Å². The molecule has 0 aromatic heterocycles. The van der Waals surface area contributed by atoms with Gasteiger partial charge < -0.3 is 15.4 Å². The smallest absolute Gasteiger partial charge is 0.408 e. The van der Waals surface area contributed by atoms with Crippen LogP contribution in [-0.2, 0) is 16.1 Å². The summed E-state index contributed by atoms with van der Waals surface area (Å²) >= 11 is 0. The van der Waals surface area contributed by atoms with E-state index in [0.717, 1.165) is 27.8 Å². The molecule has 0 unspecified atom stereocenters. The first-order valence-electron chi connectivity index (χ1n) is 9.54. The highest BCUT2D eigenvalue weighted by molar-refractivity contribution is 5.92. The molecule has 0 bridgehead atoms. The van der Waals surface area contributed by atoms with E-state index >= 15 is 0 Å². The van der Waals surface area contributed by atoms with Crippen LogP contribution in [0.2, 0.25) is 0 Å². The van der Waals surface area contributed by atoms with Crippen LogP contribution in [0.5, 0.6) is 0 Å². The first-order chi connectivity index (χ1) is 14.7. The average Bonchev–Trinajstić information content (AvgIpc) is 3.07. The molecule has 0 saturated heterocycles. The maximum Gasteiger partial charge on any atom is 0.408 e. The van der Waals surface area contributed by atoms with Crippen LogP contribution in [0.1, 0.15) is 29.2 Å². The topological polar surface area (TPSA) is 91.2 Å². The number of carbonyl (C=O) groups excluding carboxylic acids is 2. The highest BCUT2D eigenvalue weighted by atomic mass is 16.6. The number of fused-ring (bicyclic) bond motifs is 3. The SMILES string of the molecule is N#CCC(=O)Nc1ccc(CNC(=O)OC2c3ccccc3-c3ccccc32)cc1. The Morgan fingerprint density at radius 1 is 0.900 bits per heavy atom. The molecule has 3 aromatic rings. The summed E-state index contributed by atoms with van der Waals surface area (Å²) in [5.41, 5.74) is 5.58. The van der Waals surface area contributed by atoms with Crippen molar-refractivity contribution in [1.29, 1.82) is 5.26 Å². The van der Waals surface area contributed by atoms with Crippen LogP contribution in [0.3, 0.4) is 0 Å². The Bertz CT molecular complexity index is 1090. The van der Waals surface area contributed by atoms with E-state index in [4.69, 9.17) is 10.00 Å². The van der Waals surface area contributed by atoms with Gasteiger partial charge in [0.15, 0.2) is 6.10 Å². The van der Waals surface area contributed by atoms with Crippen LogP contribution in [0.15, 0.2) is 72.8 Å². The summed E-state index contributed by atoms with van der Waals surface area (Å²) in [6, 6.07) is 24.7. The monoisotopic (exact) mass is 397 g/mol. The van der Waals surface area contributed by atoms with E-state index in [1.807, 2.05) is 48.5 Å². The Labute approximate surface area is 174 Å². The molecule has 2 amide bonds. The third-order valence-electron chi connectivity index (χ3n) is 4.92. The minimum Gasteiger partial charge on any atom is -0.436 e. The second kappa shape index (κ2) is 8.50. The summed E-state index contributed by atoms with van der Waals surface area (Å²) in [5, 5.41) is 13.9. The largest absolute Gasteiger partial charge is 0.436 e. The lowest BCUT2D eigenvalue weighted by molar-refractivity contribution is -0.115. The Morgan fingerprint density at radius 3 is 2.10 bits per heavy atom. The van der Waals surface area contributed by atoms with Crippen LogP contribution in [0, 0.1) is 11.3 Å². The minimum atomic E-state index is -0.502. The molecular formula is C24H19N3O3. The fourth-order valence-corrected chi connectivity index (χ4v) is 3.54. The zero-order chi connectivity index (χ0) is 20.9. The fourth-order valence-electron chi connectivity index (χ4n) is 3.54. The first-order valence-corrected chi connectivity index (χ1v) is 9.54. The number of benzene rings is 3. The number of alkyl carbamates (subject to hydrolysis) is 1. The molecule has 6 heteroatoms. The van der Waals surface area contributed by atoms with Crippen molar-refractivity contribution in [2.24, 2.45) is 0 Å². The summed E-state index contributed by atoms with van der Waals surface area (Å²) in [6.07, 6.45) is -1.13. The minimum absolute atomic E-state index is 0.192. The molecule has 0 radical (unpaired) electrons. The number of nitrogens with zero attached hydrogens (tertiary/aromatic N) is 1. The van der Waals surface area contributed by atoms with E-state index in [2.05, 4.69) is 10.6 Å². The molecular weight excluding hydrogens is 378 g/mol. The quantitative estimate of drug-likeness (QED) is 0.661. The zero-order valence-electron chi connectivity index (χ0n) is 16.1. The average molecular weight is 397 g/mol. The maximum absolute atomic E-state index is 12.5. The lowest BCUT2D eigenvalue weighted by Gasteiger charge is -2.15. The van der Waals surface area contributed by atoms with E-state index < -0.39 is 12.2 Å². The highest BCUT2D eigenvalue weighted by Gasteiger charge is 2.30. The summed E-state index contributed by atoms with van der Waals surface area (Å²) in [7, 11) is 0. The predicted molar refractivity (Wildman–Crippen MR) is 112 cm³/mol. The molecule has 0 aliphatic heterocycles. The van der Waals surface area contributed by atoms with E-state index in [1.165, 1.54) is 0 Å². The third-order valence-corrected chi connectivity index (χ3v) is 4.92. The normalized spacial score (nSPS) is 11.7. The van der Waals surface area contributed by atoms with E-state index in [9.17, 15) is 9.59 Å². The van der Waals surface area contributed by atoms with Gasteiger partial charge in [0.2, 0.25) is 5.91 Å². The van der Waals surface area contributed by atoms with Crippen LogP contribution in [0.25, 0.3) is 11.1 Å². The number of nitriles is 1. The predicted octanol–water partition coefficient (Wildman–Crippen LogP) is 4.53. The van der Waals surface area contributed by atoms with E-state index in [1.54, 1.807) is 30.3 Å². The molecule has 1 aliphatic carbocycles. The van der Waals surface area contributed by atoms with Gasteiger partial charge in [0.25, 0.3) is 0 Å². The van der Waals surface area contributed by atoms with Gasteiger partial charge in [-0.3, -0.25) is 4.79 Å². The second-order valence-corrected chi connectivity index (χ2v) is 6.89. The van der Waals surface area contributed by atoms with Crippen LogP contribution < -0.4 is 10.6 Å². The molecule has 0 fully saturated rings. The number of hydrogen-bond acceptors (Lipinski definition) is 4. The Kier molecular flexibility index (Phi) is 5.44. The maximum atomic E-state index is 12.5. The van der Waals surface area contributed by atoms with Crippen molar-refractivity contribution in [1.82, 2.24) is 5.32 Å². The summed E-state index contributed by atoms with van der Waals surface area (Å²) in [6.45, 7) is 0.293. The lowest BCUT2D eigenvalue weighted by atomic mass is 10.1. The van der Waals surface area contributed by atoms with Crippen molar-refractivity contribution in [3.05, 3.63) is 89.5 Å². The number of ether oxygens (including phenoxy) is 1. The molecule has 2 N–H and O–H groups in total. The van der Waals surface area contributed by atoms with E-state index in [0.29, 0.717) is 12.2 Å². The molecule has 6 nitrogen and oxygen atoms in total. The Balaban J connectivity index is 1.38. The number of anilines is 1. The molecule has 0 spiro atoms.